The number of ether oxygens (including phenoxy) is 1. The van der Waals surface area contributed by atoms with E-state index in [9.17, 15) is 13.2 Å². The highest BCUT2D eigenvalue weighted by molar-refractivity contribution is 7.90. The minimum atomic E-state index is -4.23. The molecule has 11 heteroatoms. The Balaban J connectivity index is 0.00000342. The largest absolute Gasteiger partial charge is 0.481 e. The van der Waals surface area contributed by atoms with E-state index in [0.29, 0.717) is 17.4 Å². The van der Waals surface area contributed by atoms with Crippen molar-refractivity contribution in [2.24, 2.45) is 0 Å². The number of carbonyl (C=O) groups is 1. The summed E-state index contributed by atoms with van der Waals surface area (Å²) in [6, 6.07) is 11.3. The average molecular weight is 485 g/mol. The number of nitrogen functional groups attached to an aromatic ring is 1. The van der Waals surface area contributed by atoms with Crippen LogP contribution in [0.2, 0.25) is 0 Å². The molecular formula is C23H28N6O4S. The van der Waals surface area contributed by atoms with E-state index in [0.717, 1.165) is 18.4 Å². The van der Waals surface area contributed by atoms with Gasteiger partial charge in [0.05, 0.1) is 18.4 Å². The Kier molecular flexibility index (Phi) is 6.38. The zero-order chi connectivity index (χ0) is 24.5. The predicted octanol–water partition coefficient (Wildman–Crippen LogP) is 2.87. The van der Waals surface area contributed by atoms with Crippen molar-refractivity contribution in [1.82, 2.24) is 19.7 Å². The normalized spacial score (nSPS) is 18.0. The van der Waals surface area contributed by atoms with Gasteiger partial charge in [-0.2, -0.15) is 8.42 Å². The summed E-state index contributed by atoms with van der Waals surface area (Å²) < 4.78 is 32.8. The van der Waals surface area contributed by atoms with Gasteiger partial charge in [0.25, 0.3) is 15.9 Å². The number of anilines is 2. The quantitative estimate of drug-likeness (QED) is 0.540. The highest BCUT2D eigenvalue weighted by Crippen LogP contribution is 2.33. The Morgan fingerprint density at radius 3 is 2.47 bits per heavy atom. The first kappa shape index (κ1) is 23.4. The minimum absolute atomic E-state index is 0. The van der Waals surface area contributed by atoms with Gasteiger partial charge in [-0.15, -0.1) is 0 Å². The number of pyridine rings is 3. The Hall–Kier alpha value is -3.73. The molecule has 0 saturated carbocycles. The van der Waals surface area contributed by atoms with E-state index in [2.05, 4.69) is 33.4 Å². The van der Waals surface area contributed by atoms with Crippen LogP contribution in [0, 0.1) is 0 Å². The molecule has 2 atom stereocenters. The maximum atomic E-state index is 13.2. The van der Waals surface area contributed by atoms with Gasteiger partial charge < -0.3 is 15.4 Å². The number of aromatic nitrogens is 3. The molecule has 0 radical (unpaired) electrons. The van der Waals surface area contributed by atoms with E-state index in [1.165, 1.54) is 25.3 Å². The van der Waals surface area contributed by atoms with E-state index < -0.39 is 15.9 Å². The Morgan fingerprint density at radius 1 is 1.12 bits per heavy atom. The third-order valence-corrected chi connectivity index (χ3v) is 7.04. The second kappa shape index (κ2) is 9.26. The molecule has 3 aromatic heterocycles. The Labute approximate surface area is 199 Å². The van der Waals surface area contributed by atoms with Crippen LogP contribution in [0.4, 0.5) is 11.6 Å². The van der Waals surface area contributed by atoms with Crippen molar-refractivity contribution in [2.45, 2.75) is 43.8 Å². The van der Waals surface area contributed by atoms with Crippen molar-refractivity contribution in [3.05, 3.63) is 54.2 Å². The maximum Gasteiger partial charge on any atom is 0.281 e. The third kappa shape index (κ3) is 4.65. The zero-order valence-electron chi connectivity index (χ0n) is 19.1. The first-order chi connectivity index (χ1) is 16.2. The fourth-order valence-electron chi connectivity index (χ4n) is 4.06. The van der Waals surface area contributed by atoms with Gasteiger partial charge >= 0.3 is 0 Å². The van der Waals surface area contributed by atoms with E-state index in [4.69, 9.17) is 15.5 Å². The number of hydrogen-bond acceptors (Lipinski definition) is 9. The van der Waals surface area contributed by atoms with E-state index in [1.54, 1.807) is 24.4 Å². The summed E-state index contributed by atoms with van der Waals surface area (Å²) in [5, 5.41) is -0.334. The minimum Gasteiger partial charge on any atom is -0.481 e. The lowest BCUT2D eigenvalue weighted by molar-refractivity contribution is 0.0981. The van der Waals surface area contributed by atoms with Crippen molar-refractivity contribution >= 4 is 27.6 Å². The van der Waals surface area contributed by atoms with Crippen molar-refractivity contribution in [3.8, 4) is 17.1 Å². The summed E-state index contributed by atoms with van der Waals surface area (Å²) in [4.78, 5) is 28.1. The molecule has 180 valence electrons. The molecular weight excluding hydrogens is 456 g/mol. The van der Waals surface area contributed by atoms with E-state index in [-0.39, 0.29) is 29.9 Å². The number of rotatable bonds is 6. The molecule has 34 heavy (non-hydrogen) atoms. The first-order valence-corrected chi connectivity index (χ1v) is 12.3. The second-order valence-corrected chi connectivity index (χ2v) is 9.80. The standard InChI is InChI=1S/C23H26N6O4S.H2/c1-14-7-8-15(2)29(14)22-17(10-11-18(26-22)16-9-12-20(33-3)25-13-16)23(30)28-34(31,32)21-6-4-5-19(24)27-21;/h4-6,9-15H,7-8H2,1-3H3,(H2,24,27)(H,28,30);1H/t14-,15+;. The van der Waals surface area contributed by atoms with Crippen LogP contribution in [-0.2, 0) is 10.0 Å². The molecule has 0 unspecified atom stereocenters. The molecule has 0 aromatic carbocycles. The Morgan fingerprint density at radius 2 is 1.85 bits per heavy atom. The van der Waals surface area contributed by atoms with Crippen molar-refractivity contribution < 1.29 is 19.4 Å². The summed E-state index contributed by atoms with van der Waals surface area (Å²) in [7, 11) is -2.69. The summed E-state index contributed by atoms with van der Waals surface area (Å²) in [6.45, 7) is 4.11. The molecule has 1 saturated heterocycles. The maximum absolute atomic E-state index is 13.2. The second-order valence-electron chi connectivity index (χ2n) is 8.17. The molecule has 4 heterocycles. The van der Waals surface area contributed by atoms with Crippen LogP contribution in [0.1, 0.15) is 38.5 Å². The number of sulfonamides is 1. The highest BCUT2D eigenvalue weighted by Gasteiger charge is 2.33. The molecule has 1 aliphatic heterocycles. The first-order valence-electron chi connectivity index (χ1n) is 10.8. The van der Waals surface area contributed by atoms with Crippen LogP contribution in [0.15, 0.2) is 53.7 Å². The lowest BCUT2D eigenvalue weighted by Gasteiger charge is -2.29. The smallest absolute Gasteiger partial charge is 0.281 e. The summed E-state index contributed by atoms with van der Waals surface area (Å²) in [6.07, 6.45) is 3.50. The summed E-state index contributed by atoms with van der Waals surface area (Å²) in [5.41, 5.74) is 7.10. The number of hydrogen-bond donors (Lipinski definition) is 2. The van der Waals surface area contributed by atoms with Gasteiger partial charge in [0, 0.05) is 31.3 Å². The molecule has 1 fully saturated rings. The molecule has 3 aromatic rings. The van der Waals surface area contributed by atoms with Gasteiger partial charge in [-0.25, -0.2) is 19.7 Å². The van der Waals surface area contributed by atoms with Crippen LogP contribution in [0.3, 0.4) is 0 Å². The molecule has 0 spiro atoms. The van der Waals surface area contributed by atoms with E-state index in [1.807, 2.05) is 6.07 Å². The van der Waals surface area contributed by atoms with E-state index >= 15 is 0 Å². The van der Waals surface area contributed by atoms with Gasteiger partial charge in [0.2, 0.25) is 5.88 Å². The number of nitrogens with two attached hydrogens (primary N) is 1. The van der Waals surface area contributed by atoms with Crippen molar-refractivity contribution in [3.63, 3.8) is 0 Å². The number of nitrogens with zero attached hydrogens (tertiary/aromatic N) is 4. The SMILES string of the molecule is COc1ccc(-c2ccc(C(=O)NS(=O)(=O)c3cccc(N)n3)c(N3[C@H](C)CC[C@@H]3C)n2)cn1.[HH]. The summed E-state index contributed by atoms with van der Waals surface area (Å²) >= 11 is 0. The number of methoxy groups -OCH3 is 1. The topological polar surface area (TPSA) is 140 Å². The summed E-state index contributed by atoms with van der Waals surface area (Å²) in [5.74, 6) is 0.133. The molecule has 0 aliphatic carbocycles. The van der Waals surface area contributed by atoms with Crippen molar-refractivity contribution in [2.75, 3.05) is 17.7 Å². The van der Waals surface area contributed by atoms with Crippen LogP contribution in [0.25, 0.3) is 11.3 Å². The highest BCUT2D eigenvalue weighted by atomic mass is 32.2. The van der Waals surface area contributed by atoms with Gasteiger partial charge in [-0.1, -0.05) is 6.07 Å². The number of amides is 1. The van der Waals surface area contributed by atoms with Gasteiger partial charge in [0.15, 0.2) is 5.03 Å². The van der Waals surface area contributed by atoms with Crippen molar-refractivity contribution in [1.29, 1.82) is 0 Å². The molecule has 3 N–H and O–H groups in total. The lowest BCUT2D eigenvalue weighted by Crippen LogP contribution is -2.37. The van der Waals surface area contributed by atoms with Crippen LogP contribution < -0.4 is 20.1 Å². The number of carbonyl (C=O) groups excluding carboxylic acids is 1. The van der Waals surface area contributed by atoms with Gasteiger partial charge in [-0.05, 0) is 57.0 Å². The molecule has 10 nitrogen and oxygen atoms in total. The monoisotopic (exact) mass is 484 g/mol. The predicted molar refractivity (Wildman–Crippen MR) is 130 cm³/mol. The zero-order valence-corrected chi connectivity index (χ0v) is 19.9. The molecule has 1 amide bonds. The average Bonchev–Trinajstić information content (AvgIpc) is 3.16. The third-order valence-electron chi connectivity index (χ3n) is 5.80. The molecule has 0 bridgehead atoms. The molecule has 1 aliphatic rings. The van der Waals surface area contributed by atoms with Crippen LogP contribution >= 0.6 is 0 Å². The van der Waals surface area contributed by atoms with Crippen LogP contribution in [-0.4, -0.2) is 48.5 Å². The number of nitrogens with one attached hydrogen (secondary N) is 1. The van der Waals surface area contributed by atoms with Gasteiger partial charge in [0.1, 0.15) is 11.6 Å². The van der Waals surface area contributed by atoms with Gasteiger partial charge in [-0.3, -0.25) is 4.79 Å². The molecule has 4 rings (SSSR count). The fourth-order valence-corrected chi connectivity index (χ4v) is 5.00. The lowest BCUT2D eigenvalue weighted by atomic mass is 10.1. The fraction of sp³-hybridized carbons (Fsp3) is 0.304. The van der Waals surface area contributed by atoms with Crippen LogP contribution in [0.5, 0.6) is 5.88 Å². The Bertz CT molecular complexity index is 1310.